The highest BCUT2D eigenvalue weighted by atomic mass is 14.7. The lowest BCUT2D eigenvalue weighted by molar-refractivity contribution is 0.427. The largest absolute Gasteiger partial charge is 0.355 e. The van der Waals surface area contributed by atoms with Crippen LogP contribution in [0, 0.1) is 23.7 Å². The summed E-state index contributed by atoms with van der Waals surface area (Å²) < 4.78 is 0. The molecule has 4 bridgehead atoms. The number of allylic oxidation sites excluding steroid dienone is 10. The first-order valence-electron chi connectivity index (χ1n) is 20.8. The summed E-state index contributed by atoms with van der Waals surface area (Å²) in [4.78, 5) is 8.10. The molecule has 0 aromatic carbocycles. The SMILES string of the molecule is C=C1/C=C\C(C)=C(/C2CCCCC2)c2ccc([nH]2)/C(C2CCCCC2)=C(C)/C=C\C(=C)/C(C2CCCCC2)=c2/cc/c([nH]2)=C/1C1CCCCC1. The van der Waals surface area contributed by atoms with E-state index in [1.165, 1.54) is 195 Å². The van der Waals surface area contributed by atoms with Crippen molar-refractivity contribution in [3.8, 4) is 0 Å². The number of hydrogen-bond donors (Lipinski definition) is 2. The summed E-state index contributed by atoms with van der Waals surface area (Å²) in [7, 11) is 0. The van der Waals surface area contributed by atoms with E-state index in [4.69, 9.17) is 13.2 Å². The number of rotatable bonds is 4. The van der Waals surface area contributed by atoms with Gasteiger partial charge in [0.05, 0.1) is 0 Å². The molecule has 2 heteroatoms. The minimum atomic E-state index is 0.554. The van der Waals surface area contributed by atoms with Crippen LogP contribution < -0.4 is 10.7 Å². The molecule has 50 heavy (non-hydrogen) atoms. The zero-order chi connectivity index (χ0) is 34.5. The molecule has 5 aliphatic rings. The minimum Gasteiger partial charge on any atom is -0.355 e. The fourth-order valence-corrected chi connectivity index (χ4v) is 10.6. The van der Waals surface area contributed by atoms with Gasteiger partial charge in [-0.15, -0.1) is 0 Å². The molecule has 4 saturated carbocycles. The third kappa shape index (κ3) is 7.80. The average Bonchev–Trinajstić information content (AvgIpc) is 3.82. The van der Waals surface area contributed by atoms with Gasteiger partial charge < -0.3 is 9.97 Å². The van der Waals surface area contributed by atoms with E-state index in [9.17, 15) is 0 Å². The summed E-state index contributed by atoms with van der Waals surface area (Å²) in [5.74, 6) is 2.31. The van der Waals surface area contributed by atoms with Crippen molar-refractivity contribution >= 4 is 22.3 Å². The summed E-state index contributed by atoms with van der Waals surface area (Å²) in [6, 6.07) is 9.56. The van der Waals surface area contributed by atoms with Crippen molar-refractivity contribution in [2.24, 2.45) is 23.7 Å². The standard InChI is InChI=1S/C48H64N2/c1-33-25-26-34(2)46(38-19-11-6-12-20-38)43-31-32-44(50-43)48(40-23-15-8-16-24-40)36(4)28-27-35(3)47(39-21-13-7-14-22-39)42-30-29-41(49-42)45(33)37-17-9-5-10-18-37/h25-32,37-40,49-50H,1,3,5-24H2,2,4H3/b26-25-,28-27-,45-41+,46-34+,47-42+,48-36+. The molecule has 7 rings (SSSR count). The van der Waals surface area contributed by atoms with Crippen molar-refractivity contribution in [2.45, 2.75) is 142 Å². The maximum atomic E-state index is 4.80. The predicted octanol–water partition coefficient (Wildman–Crippen LogP) is 12.5. The maximum absolute atomic E-state index is 4.80. The Labute approximate surface area is 303 Å². The lowest BCUT2D eigenvalue weighted by Gasteiger charge is -2.27. The first-order chi connectivity index (χ1) is 24.5. The molecule has 2 aromatic heterocycles. The van der Waals surface area contributed by atoms with Crippen molar-refractivity contribution < 1.29 is 0 Å². The van der Waals surface area contributed by atoms with E-state index in [1.807, 2.05) is 0 Å². The number of hydrogen-bond acceptors (Lipinski definition) is 0. The van der Waals surface area contributed by atoms with Gasteiger partial charge >= 0.3 is 0 Å². The second-order valence-corrected chi connectivity index (χ2v) is 16.6. The molecule has 0 radical (unpaired) electrons. The quantitative estimate of drug-likeness (QED) is 0.325. The average molecular weight is 669 g/mol. The molecular weight excluding hydrogens is 605 g/mol. The van der Waals surface area contributed by atoms with Gasteiger partial charge in [-0.05, 0) is 158 Å². The van der Waals surface area contributed by atoms with Crippen LogP contribution in [-0.4, -0.2) is 9.97 Å². The summed E-state index contributed by atoms with van der Waals surface area (Å²) >= 11 is 0. The van der Waals surface area contributed by atoms with Gasteiger partial charge in [-0.25, -0.2) is 0 Å². The van der Waals surface area contributed by atoms with Crippen LogP contribution in [-0.2, 0) is 0 Å². The Morgan fingerprint density at radius 1 is 0.400 bits per heavy atom. The molecule has 3 heterocycles. The molecule has 2 aromatic rings. The molecule has 2 N–H and O–H groups in total. The van der Waals surface area contributed by atoms with E-state index in [1.54, 1.807) is 0 Å². The normalized spacial score (nSPS) is 29.9. The van der Waals surface area contributed by atoms with Crippen molar-refractivity contribution in [3.63, 3.8) is 0 Å². The van der Waals surface area contributed by atoms with E-state index in [2.05, 4.69) is 72.4 Å². The number of aromatic nitrogens is 2. The van der Waals surface area contributed by atoms with E-state index in [0.29, 0.717) is 23.7 Å². The van der Waals surface area contributed by atoms with Gasteiger partial charge in [-0.1, -0.05) is 115 Å². The smallest absolute Gasteiger partial charge is 0.0426 e. The molecule has 0 amide bonds. The Morgan fingerprint density at radius 2 is 0.720 bits per heavy atom. The third-order valence-corrected chi connectivity index (χ3v) is 13.2. The van der Waals surface area contributed by atoms with E-state index < -0.39 is 0 Å². The minimum absolute atomic E-state index is 0.554. The summed E-state index contributed by atoms with van der Waals surface area (Å²) in [5, 5.41) is 2.54. The predicted molar refractivity (Wildman–Crippen MR) is 216 cm³/mol. The van der Waals surface area contributed by atoms with Crippen LogP contribution in [0.3, 0.4) is 0 Å². The molecule has 0 saturated heterocycles. The van der Waals surface area contributed by atoms with Crippen LogP contribution >= 0.6 is 0 Å². The molecule has 2 nitrogen and oxygen atoms in total. The second-order valence-electron chi connectivity index (χ2n) is 16.6. The van der Waals surface area contributed by atoms with Crippen molar-refractivity contribution in [1.29, 1.82) is 0 Å². The molecule has 4 fully saturated rings. The van der Waals surface area contributed by atoms with Gasteiger partial charge in [0, 0.05) is 22.1 Å². The van der Waals surface area contributed by atoms with Crippen molar-refractivity contribution in [3.05, 3.63) is 106 Å². The highest BCUT2D eigenvalue weighted by Gasteiger charge is 2.27. The lowest BCUT2D eigenvalue weighted by Crippen LogP contribution is -2.23. The van der Waals surface area contributed by atoms with Crippen LogP contribution in [0.5, 0.6) is 0 Å². The Morgan fingerprint density at radius 3 is 1.06 bits per heavy atom. The third-order valence-electron chi connectivity index (χ3n) is 13.2. The molecule has 266 valence electrons. The Balaban J connectivity index is 1.44. The maximum Gasteiger partial charge on any atom is 0.0426 e. The van der Waals surface area contributed by atoms with Crippen LogP contribution in [0.2, 0.25) is 0 Å². The van der Waals surface area contributed by atoms with Crippen LogP contribution in [0.1, 0.15) is 154 Å². The van der Waals surface area contributed by atoms with Crippen molar-refractivity contribution in [1.82, 2.24) is 9.97 Å². The number of nitrogens with one attached hydrogen (secondary N) is 2. The van der Waals surface area contributed by atoms with Crippen molar-refractivity contribution in [2.75, 3.05) is 0 Å². The van der Waals surface area contributed by atoms with Gasteiger partial charge in [0.15, 0.2) is 0 Å². The van der Waals surface area contributed by atoms with Gasteiger partial charge in [0.25, 0.3) is 0 Å². The van der Waals surface area contributed by atoms with Crippen LogP contribution in [0.4, 0.5) is 0 Å². The number of aromatic amines is 2. The highest BCUT2D eigenvalue weighted by Crippen LogP contribution is 2.42. The fraction of sp³-hybridized carbons (Fsp3) is 0.542. The summed E-state index contributed by atoms with van der Waals surface area (Å²) in [6.07, 6.45) is 35.8. The number of H-pyrrole nitrogens is 2. The highest BCUT2D eigenvalue weighted by molar-refractivity contribution is 5.77. The molecule has 1 aliphatic heterocycles. The van der Waals surface area contributed by atoms with Crippen LogP contribution in [0.25, 0.3) is 22.3 Å². The molecule has 0 atom stereocenters. The van der Waals surface area contributed by atoms with Crippen LogP contribution in [0.15, 0.2) is 84.0 Å². The van der Waals surface area contributed by atoms with E-state index in [-0.39, 0.29) is 0 Å². The Hall–Kier alpha value is -3.26. The van der Waals surface area contributed by atoms with Gasteiger partial charge in [0.2, 0.25) is 0 Å². The molecule has 4 aliphatic carbocycles. The number of fused-ring (bicyclic) bond motifs is 4. The Bertz CT molecular complexity index is 1640. The monoisotopic (exact) mass is 669 g/mol. The molecule has 0 unspecified atom stereocenters. The summed E-state index contributed by atoms with van der Waals surface area (Å²) in [6.45, 7) is 14.3. The second kappa shape index (κ2) is 16.4. The van der Waals surface area contributed by atoms with E-state index in [0.717, 1.165) is 0 Å². The first-order valence-corrected chi connectivity index (χ1v) is 20.8. The lowest BCUT2D eigenvalue weighted by atomic mass is 9.79. The Kier molecular flexibility index (Phi) is 11.5. The molecular formula is C48H64N2. The first kappa shape index (κ1) is 35.2. The zero-order valence-corrected chi connectivity index (χ0v) is 31.5. The zero-order valence-electron chi connectivity index (χ0n) is 31.5. The van der Waals surface area contributed by atoms with Gasteiger partial charge in [0.1, 0.15) is 0 Å². The fourth-order valence-electron chi connectivity index (χ4n) is 10.6. The topological polar surface area (TPSA) is 31.6 Å². The van der Waals surface area contributed by atoms with Gasteiger partial charge in [-0.3, -0.25) is 0 Å². The van der Waals surface area contributed by atoms with Gasteiger partial charge in [-0.2, -0.15) is 0 Å². The summed E-state index contributed by atoms with van der Waals surface area (Å²) in [5.41, 5.74) is 13.7. The van der Waals surface area contributed by atoms with E-state index >= 15 is 0 Å². The molecule has 0 spiro atoms.